The van der Waals surface area contributed by atoms with E-state index in [1.165, 1.54) is 120 Å². The van der Waals surface area contributed by atoms with Crippen LogP contribution in [-0.4, -0.2) is 12.3 Å². The number of hydrogen-bond acceptors (Lipinski definition) is 3. The molecule has 306 valence electrons. The van der Waals surface area contributed by atoms with Crippen LogP contribution in [0, 0.1) is 20.8 Å². The van der Waals surface area contributed by atoms with Crippen LogP contribution in [0.15, 0.2) is 176 Å². The van der Waals surface area contributed by atoms with E-state index >= 15 is 0 Å². The van der Waals surface area contributed by atoms with Crippen molar-refractivity contribution in [3.63, 3.8) is 0 Å². The molecule has 4 heteroatoms. The summed E-state index contributed by atoms with van der Waals surface area (Å²) >= 11 is 0. The van der Waals surface area contributed by atoms with E-state index in [2.05, 4.69) is 225 Å². The van der Waals surface area contributed by atoms with E-state index in [-0.39, 0.29) is 17.7 Å². The number of nitrogens with zero attached hydrogens (tertiary/aromatic N) is 3. The highest BCUT2D eigenvalue weighted by atomic mass is 15.3. The topological polar surface area (TPSA) is 9.72 Å². The first-order valence-electron chi connectivity index (χ1n) is 22.9. The van der Waals surface area contributed by atoms with E-state index in [1.807, 2.05) is 0 Å². The Labute approximate surface area is 373 Å². The average molecular weight is 814 g/mol. The molecule has 0 saturated heterocycles. The van der Waals surface area contributed by atoms with Crippen LogP contribution in [-0.2, 0) is 5.41 Å². The lowest BCUT2D eigenvalue weighted by atomic mass is 9.33. The van der Waals surface area contributed by atoms with E-state index in [1.54, 1.807) is 0 Å². The second-order valence-electron chi connectivity index (χ2n) is 19.0. The molecule has 0 aromatic heterocycles. The monoisotopic (exact) mass is 813 g/mol. The molecule has 1 saturated carbocycles. The van der Waals surface area contributed by atoms with Gasteiger partial charge in [0.15, 0.2) is 0 Å². The van der Waals surface area contributed by atoms with Crippen molar-refractivity contribution in [3.05, 3.63) is 198 Å². The molecule has 0 bridgehead atoms. The lowest BCUT2D eigenvalue weighted by molar-refractivity contribution is 0.195. The van der Waals surface area contributed by atoms with Gasteiger partial charge in [-0.15, -0.1) is 0 Å². The van der Waals surface area contributed by atoms with Crippen LogP contribution in [0.5, 0.6) is 0 Å². The Balaban J connectivity index is 1.22. The number of anilines is 8. The van der Waals surface area contributed by atoms with Crippen LogP contribution >= 0.6 is 0 Å². The maximum Gasteiger partial charge on any atom is 0.252 e. The Hall–Kier alpha value is -6.78. The molecule has 1 fully saturated rings. The van der Waals surface area contributed by atoms with Gasteiger partial charge in [-0.2, -0.15) is 0 Å². The first kappa shape index (κ1) is 37.9. The fourth-order valence-electron chi connectivity index (χ4n) is 12.2. The highest BCUT2D eigenvalue weighted by Crippen LogP contribution is 2.62. The minimum absolute atomic E-state index is 0.00710. The molecule has 12 rings (SSSR count). The molecular weight excluding hydrogens is 761 g/mol. The molecule has 2 unspecified atom stereocenters. The third-order valence-corrected chi connectivity index (χ3v) is 15.4. The smallest absolute Gasteiger partial charge is 0.252 e. The Bertz CT molecular complexity index is 3070. The number of hydrogen-bond donors (Lipinski definition) is 0. The summed E-state index contributed by atoms with van der Waals surface area (Å²) in [5.41, 5.74) is 24.3. The van der Waals surface area contributed by atoms with Gasteiger partial charge >= 0.3 is 0 Å². The molecule has 8 aromatic rings. The quantitative estimate of drug-likeness (QED) is 0.155. The number of benzene rings is 8. The van der Waals surface area contributed by atoms with Gasteiger partial charge in [0.05, 0.1) is 11.2 Å². The summed E-state index contributed by atoms with van der Waals surface area (Å²) in [4.78, 5) is 8.01. The minimum Gasteiger partial charge on any atom is -0.335 e. The van der Waals surface area contributed by atoms with E-state index in [9.17, 15) is 0 Å². The zero-order chi connectivity index (χ0) is 42.6. The lowest BCUT2D eigenvalue weighted by Gasteiger charge is -2.53. The van der Waals surface area contributed by atoms with Crippen LogP contribution in [0.2, 0.25) is 0 Å². The van der Waals surface area contributed by atoms with Crippen molar-refractivity contribution >= 4 is 68.6 Å². The molecule has 0 N–H and O–H groups in total. The van der Waals surface area contributed by atoms with Gasteiger partial charge in [0.2, 0.25) is 0 Å². The predicted octanol–water partition coefficient (Wildman–Crippen LogP) is 13.8. The number of rotatable bonds is 6. The van der Waals surface area contributed by atoms with Gasteiger partial charge in [-0.25, -0.2) is 0 Å². The normalized spacial score (nSPS) is 19.0. The average Bonchev–Trinajstić information content (AvgIpc) is 3.52. The molecule has 1 aliphatic carbocycles. The van der Waals surface area contributed by atoms with Crippen LogP contribution in [0.3, 0.4) is 0 Å². The number of aryl methyl sites for hydroxylation is 3. The van der Waals surface area contributed by atoms with E-state index in [0.29, 0.717) is 0 Å². The Kier molecular flexibility index (Phi) is 8.51. The SMILES string of the molecule is Cc1cc2c3c(c1)C1(C)CCCCC1(C)N3c1cc(N(c3ccccc3C)c3ccccc3C)cc3c1B2c1ccc(-c2ccccc2)cc1N3c1cccc(-c2ccccc2)c1. The second-order valence-corrected chi connectivity index (χ2v) is 19.0. The Morgan fingerprint density at radius 2 is 1.11 bits per heavy atom. The highest BCUT2D eigenvalue weighted by Gasteiger charge is 2.61. The van der Waals surface area contributed by atoms with E-state index in [4.69, 9.17) is 0 Å². The predicted molar refractivity (Wildman–Crippen MR) is 268 cm³/mol. The molecule has 3 nitrogen and oxygen atoms in total. The molecule has 8 aromatic carbocycles. The second kappa shape index (κ2) is 14.1. The van der Waals surface area contributed by atoms with Crippen molar-refractivity contribution in [1.29, 1.82) is 0 Å². The van der Waals surface area contributed by atoms with Crippen LogP contribution in [0.25, 0.3) is 22.3 Å². The van der Waals surface area contributed by atoms with Gasteiger partial charge in [0, 0.05) is 45.2 Å². The maximum atomic E-state index is 2.87. The molecule has 0 amide bonds. The summed E-state index contributed by atoms with van der Waals surface area (Å²) in [6.45, 7) is 12.1. The summed E-state index contributed by atoms with van der Waals surface area (Å²) in [7, 11) is 0. The fourth-order valence-corrected chi connectivity index (χ4v) is 12.2. The fraction of sp³-hybridized carbons (Fsp3) is 0.186. The van der Waals surface area contributed by atoms with Crippen molar-refractivity contribution in [3.8, 4) is 22.3 Å². The standard InChI is InChI=1S/C59H52BN3/c1-39-33-48-57-50(34-39)60-49-30-29-45(43-23-10-7-11-24-43)36-53(49)61(46-26-18-25-44(35-46)42-21-8-6-9-22-42)54-37-47(38-55(56(54)60)63(57)59(5)32-17-16-31-58(48,59)4)62(51-27-14-12-19-40(51)2)52-28-15-13-20-41(52)3/h6-15,18-30,33-38H,16-17,31-32H2,1-5H3. The molecule has 0 spiro atoms. The number of para-hydroxylation sites is 2. The summed E-state index contributed by atoms with van der Waals surface area (Å²) < 4.78 is 0. The van der Waals surface area contributed by atoms with Gasteiger partial charge in [-0.3, -0.25) is 0 Å². The van der Waals surface area contributed by atoms with E-state index in [0.717, 1.165) is 12.1 Å². The Morgan fingerprint density at radius 1 is 0.508 bits per heavy atom. The third kappa shape index (κ3) is 5.53. The lowest BCUT2D eigenvalue weighted by Crippen LogP contribution is -2.64. The van der Waals surface area contributed by atoms with E-state index < -0.39 is 0 Å². The van der Waals surface area contributed by atoms with Gasteiger partial charge in [-0.05, 0) is 138 Å². The highest BCUT2D eigenvalue weighted by molar-refractivity contribution is 7.00. The first-order chi connectivity index (χ1) is 30.7. The zero-order valence-electron chi connectivity index (χ0n) is 37.0. The molecular formula is C59H52BN3. The zero-order valence-corrected chi connectivity index (χ0v) is 37.0. The summed E-state index contributed by atoms with van der Waals surface area (Å²) in [5.74, 6) is 0. The molecule has 3 heterocycles. The summed E-state index contributed by atoms with van der Waals surface area (Å²) in [5, 5.41) is 0. The van der Waals surface area contributed by atoms with Crippen molar-refractivity contribution in [2.45, 2.75) is 71.3 Å². The van der Waals surface area contributed by atoms with Crippen molar-refractivity contribution in [2.24, 2.45) is 0 Å². The first-order valence-corrected chi connectivity index (χ1v) is 22.9. The molecule has 4 aliphatic rings. The minimum atomic E-state index is -0.0981. The van der Waals surface area contributed by atoms with Crippen LogP contribution < -0.4 is 31.1 Å². The van der Waals surface area contributed by atoms with Crippen LogP contribution in [0.1, 0.15) is 61.8 Å². The molecule has 3 aliphatic heterocycles. The summed E-state index contributed by atoms with van der Waals surface area (Å²) in [6.07, 6.45) is 4.84. The van der Waals surface area contributed by atoms with Crippen molar-refractivity contribution in [2.75, 3.05) is 14.7 Å². The Morgan fingerprint density at radius 3 is 1.79 bits per heavy atom. The molecule has 63 heavy (non-hydrogen) atoms. The number of fused-ring (bicyclic) bond motifs is 7. The maximum absolute atomic E-state index is 2.87. The largest absolute Gasteiger partial charge is 0.335 e. The van der Waals surface area contributed by atoms with Crippen molar-refractivity contribution < 1.29 is 0 Å². The van der Waals surface area contributed by atoms with Gasteiger partial charge < -0.3 is 14.7 Å². The molecule has 0 radical (unpaired) electrons. The van der Waals surface area contributed by atoms with Gasteiger partial charge in [0.25, 0.3) is 6.71 Å². The van der Waals surface area contributed by atoms with Gasteiger partial charge in [-0.1, -0.05) is 159 Å². The summed E-state index contributed by atoms with van der Waals surface area (Å²) in [6, 6.07) is 66.3. The third-order valence-electron chi connectivity index (χ3n) is 15.4. The van der Waals surface area contributed by atoms with Crippen LogP contribution in [0.4, 0.5) is 45.5 Å². The molecule has 2 atom stereocenters. The van der Waals surface area contributed by atoms with Crippen molar-refractivity contribution in [1.82, 2.24) is 0 Å². The van der Waals surface area contributed by atoms with Gasteiger partial charge in [0.1, 0.15) is 0 Å².